The lowest BCUT2D eigenvalue weighted by atomic mass is 10.2. The average molecular weight is 390 g/mol. The molecule has 1 amide bonds. The summed E-state index contributed by atoms with van der Waals surface area (Å²) in [5, 5.41) is 2.70. The van der Waals surface area contributed by atoms with E-state index in [0.29, 0.717) is 29.2 Å². The minimum Gasteiger partial charge on any atom is -0.441 e. The van der Waals surface area contributed by atoms with Crippen molar-refractivity contribution in [2.24, 2.45) is 0 Å². The van der Waals surface area contributed by atoms with Crippen LogP contribution in [0.4, 0.5) is 13.2 Å². The zero-order valence-corrected chi connectivity index (χ0v) is 14.7. The van der Waals surface area contributed by atoms with Crippen LogP contribution in [0.1, 0.15) is 17.9 Å². The summed E-state index contributed by atoms with van der Waals surface area (Å²) in [7, 11) is 0. The van der Waals surface area contributed by atoms with Crippen molar-refractivity contribution in [2.75, 3.05) is 0 Å². The molecule has 0 bridgehead atoms. The molecule has 0 fully saturated rings. The summed E-state index contributed by atoms with van der Waals surface area (Å²) in [5.41, 5.74) is 1.33. The fourth-order valence-electron chi connectivity index (χ4n) is 2.51. The Balaban J connectivity index is 1.48. The molecule has 28 heavy (non-hydrogen) atoms. The molecule has 3 rings (SSSR count). The third-order valence-corrected chi connectivity index (χ3v) is 3.86. The fraction of sp³-hybridized carbons (Fsp3) is 0.200. The molecule has 0 unspecified atom stereocenters. The Morgan fingerprint density at radius 3 is 2.71 bits per heavy atom. The zero-order chi connectivity index (χ0) is 19.9. The van der Waals surface area contributed by atoms with Gasteiger partial charge in [-0.05, 0) is 42.0 Å². The minimum atomic E-state index is -2.90. The highest BCUT2D eigenvalue weighted by molar-refractivity contribution is 5.76. The van der Waals surface area contributed by atoms with Crippen molar-refractivity contribution in [3.05, 3.63) is 72.0 Å². The van der Waals surface area contributed by atoms with E-state index in [1.165, 1.54) is 30.5 Å². The van der Waals surface area contributed by atoms with Gasteiger partial charge >= 0.3 is 6.61 Å². The second-order valence-corrected chi connectivity index (χ2v) is 5.93. The summed E-state index contributed by atoms with van der Waals surface area (Å²) < 4.78 is 47.3. The van der Waals surface area contributed by atoms with Crippen LogP contribution in [0.5, 0.6) is 5.75 Å². The van der Waals surface area contributed by atoms with Gasteiger partial charge in [-0.2, -0.15) is 8.78 Å². The fourth-order valence-corrected chi connectivity index (χ4v) is 2.51. The molecule has 1 heterocycles. The van der Waals surface area contributed by atoms with Crippen molar-refractivity contribution in [1.29, 1.82) is 0 Å². The first-order valence-corrected chi connectivity index (χ1v) is 8.51. The number of hydrogen-bond donors (Lipinski definition) is 1. The van der Waals surface area contributed by atoms with Gasteiger partial charge in [-0.15, -0.1) is 0 Å². The Kier molecular flexibility index (Phi) is 6.31. The second kappa shape index (κ2) is 9.07. The topological polar surface area (TPSA) is 64.4 Å². The molecule has 0 saturated heterocycles. The number of rotatable bonds is 8. The van der Waals surface area contributed by atoms with Crippen LogP contribution in [-0.4, -0.2) is 17.5 Å². The van der Waals surface area contributed by atoms with Crippen LogP contribution in [0.25, 0.3) is 11.3 Å². The number of carbonyl (C=O) groups excluding carboxylic acids is 1. The molecule has 0 saturated carbocycles. The highest BCUT2D eigenvalue weighted by atomic mass is 19.3. The minimum absolute atomic E-state index is 0.0369. The third-order valence-electron chi connectivity index (χ3n) is 3.86. The number of oxazole rings is 1. The maximum atomic E-state index is 13.0. The summed E-state index contributed by atoms with van der Waals surface area (Å²) in [6.07, 6.45) is 1.97. The predicted molar refractivity (Wildman–Crippen MR) is 95.1 cm³/mol. The lowest BCUT2D eigenvalue weighted by Gasteiger charge is -2.08. The van der Waals surface area contributed by atoms with Gasteiger partial charge in [-0.25, -0.2) is 9.37 Å². The molecule has 5 nitrogen and oxygen atoms in total. The molecule has 0 aliphatic heterocycles. The zero-order valence-electron chi connectivity index (χ0n) is 14.7. The number of hydrogen-bond acceptors (Lipinski definition) is 4. The van der Waals surface area contributed by atoms with Gasteiger partial charge in [0, 0.05) is 24.9 Å². The first kappa shape index (κ1) is 19.5. The Hall–Kier alpha value is -3.29. The van der Waals surface area contributed by atoms with Crippen LogP contribution in [0.3, 0.4) is 0 Å². The monoisotopic (exact) mass is 390 g/mol. The van der Waals surface area contributed by atoms with E-state index in [1.807, 2.05) is 0 Å². The molecule has 3 aromatic rings. The van der Waals surface area contributed by atoms with Gasteiger partial charge < -0.3 is 14.5 Å². The highest BCUT2D eigenvalue weighted by Gasteiger charge is 2.10. The molecule has 0 aliphatic carbocycles. The van der Waals surface area contributed by atoms with E-state index in [0.717, 1.165) is 0 Å². The van der Waals surface area contributed by atoms with E-state index >= 15 is 0 Å². The van der Waals surface area contributed by atoms with Gasteiger partial charge in [0.05, 0.1) is 6.20 Å². The molecule has 146 valence electrons. The maximum Gasteiger partial charge on any atom is 0.387 e. The molecule has 1 aromatic heterocycles. The van der Waals surface area contributed by atoms with E-state index in [4.69, 9.17) is 4.42 Å². The van der Waals surface area contributed by atoms with Crippen LogP contribution in [0.2, 0.25) is 0 Å². The van der Waals surface area contributed by atoms with Crippen molar-refractivity contribution in [3.8, 4) is 17.1 Å². The van der Waals surface area contributed by atoms with Crippen molar-refractivity contribution >= 4 is 5.91 Å². The maximum absolute atomic E-state index is 13.0. The first-order chi connectivity index (χ1) is 13.5. The van der Waals surface area contributed by atoms with Crippen LogP contribution >= 0.6 is 0 Å². The average Bonchev–Trinajstić information content (AvgIpc) is 3.14. The van der Waals surface area contributed by atoms with Crippen molar-refractivity contribution in [2.45, 2.75) is 26.0 Å². The standard InChI is InChI=1S/C20H17F3N2O3/c21-15-6-4-14(5-7-15)17-12-25-19(28-17)9-8-18(26)24-11-13-2-1-3-16(10-13)27-20(22)23/h1-7,10,12,20H,8-9,11H2,(H,24,26). The summed E-state index contributed by atoms with van der Waals surface area (Å²) in [6.45, 7) is -2.71. The smallest absolute Gasteiger partial charge is 0.387 e. The molecular weight excluding hydrogens is 373 g/mol. The van der Waals surface area contributed by atoms with Crippen molar-refractivity contribution in [3.63, 3.8) is 0 Å². The first-order valence-electron chi connectivity index (χ1n) is 8.51. The Bertz CT molecular complexity index is 926. The highest BCUT2D eigenvalue weighted by Crippen LogP contribution is 2.21. The number of benzene rings is 2. The van der Waals surface area contributed by atoms with Crippen LogP contribution in [0.15, 0.2) is 59.1 Å². The Morgan fingerprint density at radius 2 is 1.96 bits per heavy atom. The molecule has 1 N–H and O–H groups in total. The van der Waals surface area contributed by atoms with Crippen LogP contribution < -0.4 is 10.1 Å². The number of halogens is 3. The molecule has 0 spiro atoms. The molecule has 0 aliphatic rings. The van der Waals surface area contributed by atoms with Gasteiger partial charge in [0.25, 0.3) is 0 Å². The van der Waals surface area contributed by atoms with Gasteiger partial charge in [-0.1, -0.05) is 12.1 Å². The summed E-state index contributed by atoms with van der Waals surface area (Å²) in [6, 6.07) is 11.9. The largest absolute Gasteiger partial charge is 0.441 e. The predicted octanol–water partition coefficient (Wildman–Crippen LogP) is 4.33. The number of amides is 1. The summed E-state index contributed by atoms with van der Waals surface area (Å²) >= 11 is 0. The lowest BCUT2D eigenvalue weighted by Crippen LogP contribution is -2.23. The quantitative estimate of drug-likeness (QED) is 0.622. The molecule has 8 heteroatoms. The third kappa shape index (κ3) is 5.60. The van der Waals surface area contributed by atoms with Gasteiger partial charge in [0.1, 0.15) is 11.6 Å². The molecule has 0 atom stereocenters. The number of alkyl halides is 2. The number of aromatic nitrogens is 1. The second-order valence-electron chi connectivity index (χ2n) is 5.93. The number of ether oxygens (including phenoxy) is 1. The van der Waals surface area contributed by atoms with E-state index in [-0.39, 0.29) is 30.4 Å². The van der Waals surface area contributed by atoms with Gasteiger partial charge in [0.2, 0.25) is 5.91 Å². The number of aryl methyl sites for hydroxylation is 1. The van der Waals surface area contributed by atoms with E-state index in [2.05, 4.69) is 15.0 Å². The van der Waals surface area contributed by atoms with Crippen molar-refractivity contribution < 1.29 is 27.1 Å². The molecule has 2 aromatic carbocycles. The SMILES string of the molecule is O=C(CCc1ncc(-c2ccc(F)cc2)o1)NCc1cccc(OC(F)F)c1. The van der Waals surface area contributed by atoms with E-state index in [1.54, 1.807) is 24.3 Å². The molecule has 0 radical (unpaired) electrons. The van der Waals surface area contributed by atoms with E-state index < -0.39 is 6.61 Å². The Morgan fingerprint density at radius 1 is 1.18 bits per heavy atom. The molecular formula is C20H17F3N2O3. The summed E-state index contributed by atoms with van der Waals surface area (Å²) in [4.78, 5) is 16.1. The van der Waals surface area contributed by atoms with Crippen molar-refractivity contribution in [1.82, 2.24) is 10.3 Å². The van der Waals surface area contributed by atoms with Crippen LogP contribution in [-0.2, 0) is 17.8 Å². The summed E-state index contributed by atoms with van der Waals surface area (Å²) in [5.74, 6) is 0.344. The van der Waals surface area contributed by atoms with Gasteiger partial charge in [-0.3, -0.25) is 4.79 Å². The Labute approximate surface area is 159 Å². The van der Waals surface area contributed by atoms with Crippen LogP contribution in [0, 0.1) is 5.82 Å². The number of carbonyl (C=O) groups is 1. The normalized spacial score (nSPS) is 10.9. The lowest BCUT2D eigenvalue weighted by molar-refractivity contribution is -0.121. The number of nitrogens with zero attached hydrogens (tertiary/aromatic N) is 1. The van der Waals surface area contributed by atoms with E-state index in [9.17, 15) is 18.0 Å². The number of nitrogens with one attached hydrogen (secondary N) is 1. The van der Waals surface area contributed by atoms with Gasteiger partial charge in [0.15, 0.2) is 11.7 Å².